The van der Waals surface area contributed by atoms with Crippen molar-refractivity contribution in [3.8, 4) is 0 Å². The average Bonchev–Trinajstić information content (AvgIpc) is 2.57. The smallest absolute Gasteiger partial charge is 0.329 e. The van der Waals surface area contributed by atoms with E-state index in [0.717, 1.165) is 11.3 Å². The third-order valence-corrected chi connectivity index (χ3v) is 5.78. The molecular formula is C20H31NO6. The van der Waals surface area contributed by atoms with E-state index in [1.165, 1.54) is 6.92 Å². The van der Waals surface area contributed by atoms with Crippen molar-refractivity contribution in [1.29, 1.82) is 0 Å². The number of hydrogen-bond acceptors (Lipinski definition) is 6. The number of aliphatic hydroxyl groups is 1. The summed E-state index contributed by atoms with van der Waals surface area (Å²) in [5, 5.41) is 10.6. The van der Waals surface area contributed by atoms with Gasteiger partial charge < -0.3 is 9.84 Å². The number of amides is 2. The summed E-state index contributed by atoms with van der Waals surface area (Å²) in [5.74, 6) is -1.82. The van der Waals surface area contributed by atoms with Gasteiger partial charge in [-0.05, 0) is 44.9 Å². The molecule has 7 heteroatoms. The molecule has 0 aromatic rings. The summed E-state index contributed by atoms with van der Waals surface area (Å²) in [6.45, 7) is 7.29. The van der Waals surface area contributed by atoms with Crippen LogP contribution in [0.25, 0.3) is 0 Å². The Morgan fingerprint density at radius 1 is 1.19 bits per heavy atom. The zero-order chi connectivity index (χ0) is 20.3. The van der Waals surface area contributed by atoms with Crippen LogP contribution in [0.5, 0.6) is 0 Å². The molecule has 1 saturated carbocycles. The fourth-order valence-corrected chi connectivity index (χ4v) is 4.45. The lowest BCUT2D eigenvalue weighted by atomic mass is 9.71. The standard InChI is InChI=1S/C20H31NO6/c1-5-27-20(26)13(4)21-17(23)9-14(10-18(21)24)8-16(22)15-7-11(2)6-12(3)19(15)25/h11-16,22H,5-10H2,1-4H3/t11-,12-,13?,15?,16?/m0/s1. The molecule has 2 fully saturated rings. The number of carbonyl (C=O) groups is 4. The van der Waals surface area contributed by atoms with Gasteiger partial charge in [0.05, 0.1) is 12.7 Å². The van der Waals surface area contributed by atoms with E-state index in [4.69, 9.17) is 4.74 Å². The minimum Gasteiger partial charge on any atom is -0.464 e. The molecule has 1 aliphatic heterocycles. The Hall–Kier alpha value is -1.76. The highest BCUT2D eigenvalue weighted by Gasteiger charge is 2.41. The van der Waals surface area contributed by atoms with Crippen LogP contribution >= 0.6 is 0 Å². The molecule has 152 valence electrons. The number of aliphatic hydroxyl groups excluding tert-OH is 1. The maximum Gasteiger partial charge on any atom is 0.329 e. The molecule has 1 saturated heterocycles. The van der Waals surface area contributed by atoms with Crippen molar-refractivity contribution in [3.63, 3.8) is 0 Å². The third kappa shape index (κ3) is 4.94. The fraction of sp³-hybridized carbons (Fsp3) is 0.800. The molecule has 2 rings (SSSR count). The van der Waals surface area contributed by atoms with Crippen LogP contribution < -0.4 is 0 Å². The zero-order valence-electron chi connectivity index (χ0n) is 16.6. The SMILES string of the molecule is CCOC(=O)C(C)N1C(=O)CC(CC(O)C2C[C@@H](C)C[C@H](C)C2=O)CC1=O. The number of ketones is 1. The second-order valence-corrected chi connectivity index (χ2v) is 8.15. The molecule has 0 aromatic carbocycles. The van der Waals surface area contributed by atoms with Crippen molar-refractivity contribution >= 4 is 23.6 Å². The molecule has 1 aliphatic carbocycles. The summed E-state index contributed by atoms with van der Waals surface area (Å²) in [7, 11) is 0. The molecule has 3 unspecified atom stereocenters. The van der Waals surface area contributed by atoms with Crippen molar-refractivity contribution in [2.45, 2.75) is 71.9 Å². The van der Waals surface area contributed by atoms with E-state index in [-0.39, 0.29) is 43.5 Å². The lowest BCUT2D eigenvalue weighted by Gasteiger charge is -2.36. The van der Waals surface area contributed by atoms with Crippen molar-refractivity contribution in [3.05, 3.63) is 0 Å². The van der Waals surface area contributed by atoms with E-state index in [2.05, 4.69) is 6.92 Å². The van der Waals surface area contributed by atoms with Gasteiger partial charge >= 0.3 is 5.97 Å². The average molecular weight is 381 g/mol. The van der Waals surface area contributed by atoms with Crippen LogP contribution in [0, 0.1) is 23.7 Å². The van der Waals surface area contributed by atoms with Crippen molar-refractivity contribution in [2.75, 3.05) is 6.61 Å². The van der Waals surface area contributed by atoms with Crippen LogP contribution in [0.15, 0.2) is 0 Å². The van der Waals surface area contributed by atoms with Crippen LogP contribution in [0.1, 0.15) is 59.8 Å². The lowest BCUT2D eigenvalue weighted by molar-refractivity contribution is -0.164. The molecule has 2 aliphatic rings. The second kappa shape index (κ2) is 8.95. The minimum absolute atomic E-state index is 0.0658. The molecule has 0 aromatic heterocycles. The van der Waals surface area contributed by atoms with E-state index in [9.17, 15) is 24.3 Å². The Balaban J connectivity index is 1.98. The molecule has 1 N–H and O–H groups in total. The minimum atomic E-state index is -0.947. The van der Waals surface area contributed by atoms with Gasteiger partial charge in [-0.15, -0.1) is 0 Å². The number of rotatable bonds is 6. The molecule has 27 heavy (non-hydrogen) atoms. The third-order valence-electron chi connectivity index (χ3n) is 5.78. The van der Waals surface area contributed by atoms with Crippen molar-refractivity contribution in [1.82, 2.24) is 4.90 Å². The number of imide groups is 1. The summed E-state index contributed by atoms with van der Waals surface area (Å²) in [6.07, 6.45) is 1.04. The lowest BCUT2D eigenvalue weighted by Crippen LogP contribution is -2.52. The number of esters is 1. The summed E-state index contributed by atoms with van der Waals surface area (Å²) >= 11 is 0. The summed E-state index contributed by atoms with van der Waals surface area (Å²) in [6, 6.07) is -0.947. The van der Waals surface area contributed by atoms with E-state index in [0.29, 0.717) is 12.3 Å². The first-order valence-electron chi connectivity index (χ1n) is 9.88. The van der Waals surface area contributed by atoms with Gasteiger partial charge in [-0.1, -0.05) is 13.8 Å². The van der Waals surface area contributed by atoms with Gasteiger partial charge in [0.15, 0.2) is 0 Å². The Labute approximate surface area is 160 Å². The second-order valence-electron chi connectivity index (χ2n) is 8.15. The highest BCUT2D eigenvalue weighted by atomic mass is 16.5. The fourth-order valence-electron chi connectivity index (χ4n) is 4.45. The van der Waals surface area contributed by atoms with Gasteiger partial charge in [0.2, 0.25) is 11.8 Å². The Morgan fingerprint density at radius 3 is 2.33 bits per heavy atom. The number of piperidine rings is 1. The molecule has 5 atom stereocenters. The maximum absolute atomic E-state index is 12.4. The van der Waals surface area contributed by atoms with E-state index >= 15 is 0 Å². The maximum atomic E-state index is 12.4. The molecule has 0 spiro atoms. The van der Waals surface area contributed by atoms with Crippen LogP contribution in [0.2, 0.25) is 0 Å². The van der Waals surface area contributed by atoms with Gasteiger partial charge in [-0.2, -0.15) is 0 Å². The van der Waals surface area contributed by atoms with Gasteiger partial charge in [0, 0.05) is 24.7 Å². The number of likely N-dealkylation sites (tertiary alicyclic amines) is 1. The largest absolute Gasteiger partial charge is 0.464 e. The van der Waals surface area contributed by atoms with Crippen LogP contribution in [0.4, 0.5) is 0 Å². The van der Waals surface area contributed by atoms with Gasteiger partial charge in [-0.25, -0.2) is 4.79 Å². The topological polar surface area (TPSA) is 101 Å². The Kier molecular flexibility index (Phi) is 7.14. The normalized spacial score (nSPS) is 29.6. The summed E-state index contributed by atoms with van der Waals surface area (Å²) in [5.41, 5.74) is 0. The summed E-state index contributed by atoms with van der Waals surface area (Å²) < 4.78 is 4.89. The first kappa shape index (κ1) is 21.5. The van der Waals surface area contributed by atoms with Crippen molar-refractivity contribution < 1.29 is 29.0 Å². The monoisotopic (exact) mass is 381 g/mol. The number of Topliss-reactive ketones (excluding diaryl/α,β-unsaturated/α-hetero) is 1. The van der Waals surface area contributed by atoms with Crippen LogP contribution in [0.3, 0.4) is 0 Å². The van der Waals surface area contributed by atoms with Crippen LogP contribution in [-0.2, 0) is 23.9 Å². The number of ether oxygens (including phenoxy) is 1. The molecule has 2 amide bonds. The van der Waals surface area contributed by atoms with Gasteiger partial charge in [0.1, 0.15) is 11.8 Å². The van der Waals surface area contributed by atoms with Gasteiger partial charge in [-0.3, -0.25) is 19.3 Å². The highest BCUT2D eigenvalue weighted by molar-refractivity contribution is 6.01. The van der Waals surface area contributed by atoms with Crippen LogP contribution in [-0.4, -0.2) is 52.3 Å². The highest BCUT2D eigenvalue weighted by Crippen LogP contribution is 2.35. The summed E-state index contributed by atoms with van der Waals surface area (Å²) in [4.78, 5) is 50.1. The molecule has 7 nitrogen and oxygen atoms in total. The molecule has 0 radical (unpaired) electrons. The predicted molar refractivity (Wildman–Crippen MR) is 97.4 cm³/mol. The number of carbonyl (C=O) groups excluding carboxylic acids is 4. The van der Waals surface area contributed by atoms with Gasteiger partial charge in [0.25, 0.3) is 0 Å². The quantitative estimate of drug-likeness (QED) is 0.555. The van der Waals surface area contributed by atoms with Crippen molar-refractivity contribution in [2.24, 2.45) is 23.7 Å². The molecule has 0 bridgehead atoms. The van der Waals surface area contributed by atoms with E-state index in [1.807, 2.05) is 6.92 Å². The van der Waals surface area contributed by atoms with E-state index < -0.39 is 35.8 Å². The van der Waals surface area contributed by atoms with E-state index in [1.54, 1.807) is 6.92 Å². The first-order chi connectivity index (χ1) is 12.6. The number of hydrogen-bond donors (Lipinski definition) is 1. The zero-order valence-corrected chi connectivity index (χ0v) is 16.6. The first-order valence-corrected chi connectivity index (χ1v) is 9.88. The predicted octanol–water partition coefficient (Wildman–Crippen LogP) is 1.71. The Bertz CT molecular complexity index is 585. The Morgan fingerprint density at radius 2 is 1.78 bits per heavy atom. The molecule has 1 heterocycles. The molecular weight excluding hydrogens is 350 g/mol. The number of nitrogens with zero attached hydrogens (tertiary/aromatic N) is 1.